The third kappa shape index (κ3) is 4.43. The molecule has 15 heavy (non-hydrogen) atoms. The number of aliphatic hydroxyl groups excluding tert-OH is 1. The molecule has 2 atom stereocenters. The standard InChI is InChI=1S/C11H21F2NO/c1-9-3-2-4-10(7-9)14(5-6-15)8-11(12)13/h9-11,15H,2-8H2,1H3. The average molecular weight is 221 g/mol. The molecule has 1 fully saturated rings. The van der Waals surface area contributed by atoms with Crippen molar-refractivity contribution in [3.63, 3.8) is 0 Å². The van der Waals surface area contributed by atoms with Crippen molar-refractivity contribution >= 4 is 0 Å². The summed E-state index contributed by atoms with van der Waals surface area (Å²) in [6.07, 6.45) is 2.02. The number of hydrogen-bond acceptors (Lipinski definition) is 2. The Morgan fingerprint density at radius 1 is 1.40 bits per heavy atom. The van der Waals surface area contributed by atoms with E-state index in [9.17, 15) is 8.78 Å². The number of halogens is 2. The lowest BCUT2D eigenvalue weighted by Crippen LogP contribution is -2.42. The van der Waals surface area contributed by atoms with Gasteiger partial charge in [0.15, 0.2) is 0 Å². The van der Waals surface area contributed by atoms with Crippen LogP contribution in [0.3, 0.4) is 0 Å². The fourth-order valence-electron chi connectivity index (χ4n) is 2.46. The van der Waals surface area contributed by atoms with Crippen LogP contribution >= 0.6 is 0 Å². The summed E-state index contributed by atoms with van der Waals surface area (Å²) in [4.78, 5) is 1.75. The summed E-state index contributed by atoms with van der Waals surface area (Å²) in [5.41, 5.74) is 0. The Morgan fingerprint density at radius 2 is 2.13 bits per heavy atom. The minimum Gasteiger partial charge on any atom is -0.395 e. The zero-order valence-electron chi connectivity index (χ0n) is 9.33. The van der Waals surface area contributed by atoms with Crippen molar-refractivity contribution < 1.29 is 13.9 Å². The lowest BCUT2D eigenvalue weighted by molar-refractivity contribution is 0.0378. The molecular weight excluding hydrogens is 200 g/mol. The summed E-state index contributed by atoms with van der Waals surface area (Å²) < 4.78 is 24.7. The quantitative estimate of drug-likeness (QED) is 0.768. The Kier molecular flexibility index (Phi) is 5.47. The second-order valence-electron chi connectivity index (χ2n) is 4.54. The monoisotopic (exact) mass is 221 g/mol. The second kappa shape index (κ2) is 6.38. The van der Waals surface area contributed by atoms with Crippen molar-refractivity contribution in [1.29, 1.82) is 0 Å². The molecule has 0 aromatic rings. The van der Waals surface area contributed by atoms with E-state index in [1.54, 1.807) is 4.90 Å². The summed E-state index contributed by atoms with van der Waals surface area (Å²) in [6, 6.07) is 0.245. The van der Waals surface area contributed by atoms with E-state index >= 15 is 0 Å². The van der Waals surface area contributed by atoms with E-state index in [0.717, 1.165) is 19.3 Å². The molecule has 1 aliphatic carbocycles. The van der Waals surface area contributed by atoms with E-state index in [2.05, 4.69) is 6.92 Å². The van der Waals surface area contributed by atoms with Gasteiger partial charge in [-0.3, -0.25) is 4.90 Å². The first-order valence-electron chi connectivity index (χ1n) is 5.76. The average Bonchev–Trinajstić information content (AvgIpc) is 2.16. The highest BCUT2D eigenvalue weighted by atomic mass is 19.3. The Balaban J connectivity index is 2.45. The molecule has 4 heteroatoms. The van der Waals surface area contributed by atoms with Crippen molar-refractivity contribution in [3.05, 3.63) is 0 Å². The molecule has 0 aliphatic heterocycles. The molecule has 0 radical (unpaired) electrons. The van der Waals surface area contributed by atoms with E-state index in [4.69, 9.17) is 5.11 Å². The summed E-state index contributed by atoms with van der Waals surface area (Å²) in [5.74, 6) is 0.627. The lowest BCUT2D eigenvalue weighted by Gasteiger charge is -2.36. The molecule has 0 amide bonds. The number of aliphatic hydroxyl groups is 1. The third-order valence-corrected chi connectivity index (χ3v) is 3.18. The van der Waals surface area contributed by atoms with Gasteiger partial charge in [-0.1, -0.05) is 19.8 Å². The second-order valence-corrected chi connectivity index (χ2v) is 4.54. The van der Waals surface area contributed by atoms with E-state index in [0.29, 0.717) is 12.5 Å². The van der Waals surface area contributed by atoms with Crippen LogP contribution in [0.2, 0.25) is 0 Å². The van der Waals surface area contributed by atoms with Gasteiger partial charge in [-0.05, 0) is 18.8 Å². The minimum atomic E-state index is -2.30. The van der Waals surface area contributed by atoms with E-state index in [1.807, 2.05) is 0 Å². The summed E-state index contributed by atoms with van der Waals surface area (Å²) >= 11 is 0. The normalized spacial score (nSPS) is 27.6. The highest BCUT2D eigenvalue weighted by Crippen LogP contribution is 2.27. The van der Waals surface area contributed by atoms with Crippen molar-refractivity contribution in [2.24, 2.45) is 5.92 Å². The highest BCUT2D eigenvalue weighted by molar-refractivity contribution is 4.79. The molecule has 0 saturated heterocycles. The number of hydrogen-bond donors (Lipinski definition) is 1. The van der Waals surface area contributed by atoms with Gasteiger partial charge in [0.05, 0.1) is 13.2 Å². The molecule has 2 unspecified atom stereocenters. The number of nitrogens with zero attached hydrogens (tertiary/aromatic N) is 1. The lowest BCUT2D eigenvalue weighted by atomic mass is 9.86. The first kappa shape index (κ1) is 12.8. The van der Waals surface area contributed by atoms with Gasteiger partial charge in [0.2, 0.25) is 0 Å². The Labute approximate surface area is 90.3 Å². The van der Waals surface area contributed by atoms with Crippen molar-refractivity contribution in [2.75, 3.05) is 19.7 Å². The Morgan fingerprint density at radius 3 is 2.67 bits per heavy atom. The van der Waals surface area contributed by atoms with E-state index < -0.39 is 6.43 Å². The topological polar surface area (TPSA) is 23.5 Å². The largest absolute Gasteiger partial charge is 0.395 e. The molecular formula is C11H21F2NO. The van der Waals surface area contributed by atoms with Gasteiger partial charge >= 0.3 is 0 Å². The van der Waals surface area contributed by atoms with Gasteiger partial charge in [0.1, 0.15) is 0 Å². The summed E-state index contributed by atoms with van der Waals surface area (Å²) in [7, 11) is 0. The zero-order chi connectivity index (χ0) is 11.3. The maximum absolute atomic E-state index is 12.3. The molecule has 0 aromatic heterocycles. The van der Waals surface area contributed by atoms with Crippen molar-refractivity contribution in [2.45, 2.75) is 45.1 Å². The van der Waals surface area contributed by atoms with Gasteiger partial charge in [-0.25, -0.2) is 8.78 Å². The van der Waals surface area contributed by atoms with Crippen molar-refractivity contribution in [3.8, 4) is 0 Å². The van der Waals surface area contributed by atoms with Crippen LogP contribution in [-0.4, -0.2) is 42.2 Å². The molecule has 90 valence electrons. The summed E-state index contributed by atoms with van der Waals surface area (Å²) in [5, 5.41) is 8.86. The van der Waals surface area contributed by atoms with Crippen LogP contribution in [0, 0.1) is 5.92 Å². The van der Waals surface area contributed by atoms with Crippen LogP contribution in [-0.2, 0) is 0 Å². The van der Waals surface area contributed by atoms with Gasteiger partial charge in [-0.15, -0.1) is 0 Å². The van der Waals surface area contributed by atoms with Gasteiger partial charge in [0.25, 0.3) is 6.43 Å². The SMILES string of the molecule is CC1CCCC(N(CCO)CC(F)F)C1. The first-order chi connectivity index (χ1) is 7.13. The van der Waals surface area contributed by atoms with Crippen molar-refractivity contribution in [1.82, 2.24) is 4.90 Å². The van der Waals surface area contributed by atoms with Crippen LogP contribution in [0.25, 0.3) is 0 Å². The van der Waals surface area contributed by atoms with Crippen LogP contribution in [0.4, 0.5) is 8.78 Å². The molecule has 0 heterocycles. The Hall–Kier alpha value is -0.220. The molecule has 1 rings (SSSR count). The molecule has 1 saturated carbocycles. The first-order valence-corrected chi connectivity index (χ1v) is 5.76. The predicted octanol–water partition coefficient (Wildman–Crippen LogP) is 2.12. The summed E-state index contributed by atoms with van der Waals surface area (Å²) in [6.45, 7) is 2.32. The predicted molar refractivity (Wildman–Crippen MR) is 56.1 cm³/mol. The maximum Gasteiger partial charge on any atom is 0.251 e. The van der Waals surface area contributed by atoms with Gasteiger partial charge < -0.3 is 5.11 Å². The fraction of sp³-hybridized carbons (Fsp3) is 1.00. The highest BCUT2D eigenvalue weighted by Gasteiger charge is 2.25. The van der Waals surface area contributed by atoms with E-state index in [1.165, 1.54) is 6.42 Å². The molecule has 1 N–H and O–H groups in total. The number of alkyl halides is 2. The fourth-order valence-corrected chi connectivity index (χ4v) is 2.46. The smallest absolute Gasteiger partial charge is 0.251 e. The molecule has 1 aliphatic rings. The number of rotatable bonds is 5. The van der Waals surface area contributed by atoms with Crippen LogP contribution in [0.1, 0.15) is 32.6 Å². The maximum atomic E-state index is 12.3. The Bertz CT molecular complexity index is 178. The molecule has 2 nitrogen and oxygen atoms in total. The molecule has 0 aromatic carbocycles. The molecule has 0 bridgehead atoms. The zero-order valence-corrected chi connectivity index (χ0v) is 9.33. The van der Waals surface area contributed by atoms with Crippen LogP contribution in [0.5, 0.6) is 0 Å². The minimum absolute atomic E-state index is 0.0302. The van der Waals surface area contributed by atoms with Gasteiger partial charge in [-0.2, -0.15) is 0 Å². The molecule has 0 spiro atoms. The van der Waals surface area contributed by atoms with Gasteiger partial charge in [0, 0.05) is 12.6 Å². The third-order valence-electron chi connectivity index (χ3n) is 3.18. The van der Waals surface area contributed by atoms with E-state index in [-0.39, 0.29) is 19.2 Å². The van der Waals surface area contributed by atoms with Crippen LogP contribution in [0.15, 0.2) is 0 Å². The van der Waals surface area contributed by atoms with Crippen LogP contribution < -0.4 is 0 Å².